The number of aromatic nitrogens is 3. The number of aryl methyl sites for hydroxylation is 1. The molecule has 0 bridgehead atoms. The SMILES string of the molecule is C=CN1C=C(CN2CCC[C@H](C)C2)C=C(C)/C1=C/N(C)c1cc(F)cc(C(c2nncn2C)C2CCC2)c1. The summed E-state index contributed by atoms with van der Waals surface area (Å²) in [4.78, 5) is 6.65. The molecule has 3 heterocycles. The zero-order valence-corrected chi connectivity index (χ0v) is 23.3. The first-order chi connectivity index (χ1) is 18.3. The lowest BCUT2D eigenvalue weighted by Gasteiger charge is -2.34. The van der Waals surface area contributed by atoms with Crippen LogP contribution < -0.4 is 4.90 Å². The lowest BCUT2D eigenvalue weighted by Crippen LogP contribution is -2.36. The van der Waals surface area contributed by atoms with Crippen molar-refractivity contribution in [3.63, 3.8) is 0 Å². The van der Waals surface area contributed by atoms with Gasteiger partial charge in [0.05, 0.1) is 5.70 Å². The molecule has 2 atom stereocenters. The summed E-state index contributed by atoms with van der Waals surface area (Å²) in [7, 11) is 3.95. The van der Waals surface area contributed by atoms with E-state index in [1.54, 1.807) is 18.5 Å². The first-order valence-electron chi connectivity index (χ1n) is 13.9. The molecule has 1 saturated heterocycles. The molecule has 5 rings (SSSR count). The standard InChI is InChI=1S/C31H41FN6/c1-6-38-19-24(18-37-12-8-9-22(2)17-37)13-23(3)29(38)20-35(4)28-15-26(14-27(32)16-28)30(25-10-7-11-25)31-34-33-21-36(31)5/h6,13-16,19-22,25,30H,1,7-12,17-18H2,2-5H3/b29-20-/t22-,30?/m0/s1. The molecule has 6 nitrogen and oxygen atoms in total. The fraction of sp³-hybridized carbons (Fsp3) is 0.484. The van der Waals surface area contributed by atoms with Crippen LogP contribution in [0.2, 0.25) is 0 Å². The molecule has 0 N–H and O–H groups in total. The molecule has 1 unspecified atom stereocenters. The van der Waals surface area contributed by atoms with Gasteiger partial charge in [-0.15, -0.1) is 10.2 Å². The van der Waals surface area contributed by atoms with Crippen LogP contribution in [-0.2, 0) is 7.05 Å². The highest BCUT2D eigenvalue weighted by molar-refractivity contribution is 5.55. The van der Waals surface area contributed by atoms with E-state index in [0.29, 0.717) is 5.92 Å². The van der Waals surface area contributed by atoms with Crippen LogP contribution in [-0.4, -0.2) is 51.2 Å². The predicted octanol–water partition coefficient (Wildman–Crippen LogP) is 6.19. The Kier molecular flexibility index (Phi) is 7.84. The van der Waals surface area contributed by atoms with Gasteiger partial charge in [-0.3, -0.25) is 4.90 Å². The maximum atomic E-state index is 15.0. The summed E-state index contributed by atoms with van der Waals surface area (Å²) >= 11 is 0. The molecule has 1 aliphatic carbocycles. The number of hydrogen-bond acceptors (Lipinski definition) is 5. The van der Waals surface area contributed by atoms with Crippen LogP contribution in [0.25, 0.3) is 0 Å². The van der Waals surface area contributed by atoms with Gasteiger partial charge < -0.3 is 14.4 Å². The van der Waals surface area contributed by atoms with Crippen molar-refractivity contribution in [3.05, 3.63) is 89.8 Å². The van der Waals surface area contributed by atoms with Gasteiger partial charge in [0.25, 0.3) is 0 Å². The molecular weight excluding hydrogens is 475 g/mol. The van der Waals surface area contributed by atoms with Gasteiger partial charge in [0.15, 0.2) is 0 Å². The van der Waals surface area contributed by atoms with Gasteiger partial charge in [-0.05, 0) is 85.9 Å². The fourth-order valence-corrected chi connectivity index (χ4v) is 6.15. The highest BCUT2D eigenvalue weighted by Crippen LogP contribution is 2.43. The first-order valence-corrected chi connectivity index (χ1v) is 13.9. The number of piperidine rings is 1. The Morgan fingerprint density at radius 3 is 2.68 bits per heavy atom. The summed E-state index contributed by atoms with van der Waals surface area (Å²) in [6, 6.07) is 5.38. The lowest BCUT2D eigenvalue weighted by molar-refractivity contribution is 0.198. The third-order valence-corrected chi connectivity index (χ3v) is 8.37. The van der Waals surface area contributed by atoms with E-state index in [-0.39, 0.29) is 11.7 Å². The molecule has 2 aliphatic heterocycles. The smallest absolute Gasteiger partial charge is 0.140 e. The fourth-order valence-electron chi connectivity index (χ4n) is 6.15. The molecule has 202 valence electrons. The Morgan fingerprint density at radius 2 is 2.03 bits per heavy atom. The number of likely N-dealkylation sites (tertiary alicyclic amines) is 1. The average molecular weight is 517 g/mol. The minimum absolute atomic E-state index is 0.0377. The minimum atomic E-state index is -0.233. The van der Waals surface area contributed by atoms with Crippen molar-refractivity contribution < 1.29 is 4.39 Å². The van der Waals surface area contributed by atoms with Crippen LogP contribution in [0.4, 0.5) is 10.1 Å². The van der Waals surface area contributed by atoms with Crippen molar-refractivity contribution in [3.8, 4) is 0 Å². The summed E-state index contributed by atoms with van der Waals surface area (Å²) in [5.41, 5.74) is 5.26. The van der Waals surface area contributed by atoms with Gasteiger partial charge in [-0.25, -0.2) is 4.39 Å². The van der Waals surface area contributed by atoms with Crippen LogP contribution in [0.5, 0.6) is 0 Å². The number of anilines is 1. The van der Waals surface area contributed by atoms with Gasteiger partial charge in [0, 0.05) is 57.4 Å². The molecule has 1 aromatic heterocycles. The quantitative estimate of drug-likeness (QED) is 0.419. The van der Waals surface area contributed by atoms with E-state index in [2.05, 4.69) is 65.0 Å². The molecule has 1 aromatic carbocycles. The first kappa shape index (κ1) is 26.4. The number of rotatable bonds is 8. The highest BCUT2D eigenvalue weighted by atomic mass is 19.1. The largest absolute Gasteiger partial charge is 0.349 e. The molecular formula is C31H41FN6. The van der Waals surface area contributed by atoms with Crippen LogP contribution in [0.15, 0.2) is 72.6 Å². The average Bonchev–Trinajstić information content (AvgIpc) is 3.27. The second kappa shape index (κ2) is 11.3. The van der Waals surface area contributed by atoms with Gasteiger partial charge in [-0.1, -0.05) is 26.0 Å². The molecule has 2 aromatic rings. The van der Waals surface area contributed by atoms with Gasteiger partial charge in [0.1, 0.15) is 18.0 Å². The molecule has 7 heteroatoms. The Bertz CT molecular complexity index is 1250. The number of allylic oxidation sites excluding steroid dienone is 1. The molecule has 38 heavy (non-hydrogen) atoms. The Hall–Kier alpha value is -3.19. The summed E-state index contributed by atoms with van der Waals surface area (Å²) in [6.45, 7) is 11.8. The molecule has 1 saturated carbocycles. The third-order valence-electron chi connectivity index (χ3n) is 8.37. The van der Waals surface area contributed by atoms with E-state index in [4.69, 9.17) is 0 Å². The van der Waals surface area contributed by atoms with Crippen LogP contribution in [0.1, 0.15) is 63.3 Å². The van der Waals surface area contributed by atoms with Crippen molar-refractivity contribution in [1.82, 2.24) is 24.6 Å². The van der Waals surface area contributed by atoms with E-state index in [1.165, 1.54) is 30.4 Å². The summed E-state index contributed by atoms with van der Waals surface area (Å²) in [6.07, 6.45) is 16.2. The molecule has 2 fully saturated rings. The second-order valence-electron chi connectivity index (χ2n) is 11.4. The van der Waals surface area contributed by atoms with Crippen molar-refractivity contribution in [1.29, 1.82) is 0 Å². The highest BCUT2D eigenvalue weighted by Gasteiger charge is 2.33. The Balaban J connectivity index is 1.40. The van der Waals surface area contributed by atoms with Crippen molar-refractivity contribution in [2.75, 3.05) is 31.6 Å². The number of nitrogens with zero attached hydrogens (tertiary/aromatic N) is 6. The van der Waals surface area contributed by atoms with Crippen molar-refractivity contribution in [2.45, 2.75) is 51.9 Å². The van der Waals surface area contributed by atoms with Gasteiger partial charge in [0.2, 0.25) is 0 Å². The van der Waals surface area contributed by atoms with Crippen molar-refractivity contribution >= 4 is 5.69 Å². The maximum Gasteiger partial charge on any atom is 0.140 e. The van der Waals surface area contributed by atoms with Crippen LogP contribution in [0.3, 0.4) is 0 Å². The monoisotopic (exact) mass is 516 g/mol. The van der Waals surface area contributed by atoms with Crippen LogP contribution in [0, 0.1) is 17.7 Å². The Morgan fingerprint density at radius 1 is 1.21 bits per heavy atom. The molecule has 0 radical (unpaired) electrons. The zero-order chi connectivity index (χ0) is 26.8. The van der Waals surface area contributed by atoms with Crippen molar-refractivity contribution in [2.24, 2.45) is 18.9 Å². The van der Waals surface area contributed by atoms with E-state index < -0.39 is 0 Å². The Labute approximate surface area is 226 Å². The summed E-state index contributed by atoms with van der Waals surface area (Å²) in [5, 5.41) is 8.52. The molecule has 0 amide bonds. The predicted molar refractivity (Wildman–Crippen MR) is 152 cm³/mol. The normalized spacial score (nSPS) is 22.6. The van der Waals surface area contributed by atoms with Crippen LogP contribution >= 0.6 is 0 Å². The number of benzene rings is 1. The minimum Gasteiger partial charge on any atom is -0.349 e. The van der Waals surface area contributed by atoms with E-state index in [0.717, 1.165) is 61.2 Å². The number of halogens is 1. The molecule has 0 spiro atoms. The number of hydrogen-bond donors (Lipinski definition) is 0. The summed E-state index contributed by atoms with van der Waals surface area (Å²) < 4.78 is 17.0. The second-order valence-corrected chi connectivity index (χ2v) is 11.4. The van der Waals surface area contributed by atoms with Gasteiger partial charge in [-0.2, -0.15) is 0 Å². The van der Waals surface area contributed by atoms with Gasteiger partial charge >= 0.3 is 0 Å². The zero-order valence-electron chi connectivity index (χ0n) is 23.3. The molecule has 3 aliphatic rings. The summed E-state index contributed by atoms with van der Waals surface area (Å²) in [5.74, 6) is 1.92. The third kappa shape index (κ3) is 5.63. The van der Waals surface area contributed by atoms with E-state index in [9.17, 15) is 0 Å². The lowest BCUT2D eigenvalue weighted by atomic mass is 9.72. The topological polar surface area (TPSA) is 40.4 Å². The van der Waals surface area contributed by atoms with E-state index >= 15 is 4.39 Å². The van der Waals surface area contributed by atoms with E-state index in [1.807, 2.05) is 29.8 Å². The maximum absolute atomic E-state index is 15.0.